The molecule has 84 valence electrons. The summed E-state index contributed by atoms with van der Waals surface area (Å²) in [7, 11) is 0. The van der Waals surface area contributed by atoms with E-state index in [0.29, 0.717) is 16.4 Å². The first-order chi connectivity index (χ1) is 8.24. The minimum Gasteiger partial charge on any atom is -0.453 e. The maximum absolute atomic E-state index is 10.7. The minimum absolute atomic E-state index is 0.0548. The monoisotopic (exact) mass is 246 g/mol. The maximum Gasteiger partial charge on any atom is 0.270 e. The van der Waals surface area contributed by atoms with E-state index in [1.54, 1.807) is 18.3 Å². The molecular formula is C11H6N2O3S. The average molecular weight is 246 g/mol. The number of benzene rings is 1. The summed E-state index contributed by atoms with van der Waals surface area (Å²) < 4.78 is 5.61. The minimum atomic E-state index is -0.422. The Balaban J connectivity index is 2.06. The molecule has 0 radical (unpaired) electrons. The molecule has 5 nitrogen and oxygen atoms in total. The standard InChI is InChI=1S/C11H6N2O3S/c14-13(15)7-3-4-8-10(6-7)17-11-9(16-8)2-1-5-12-11/h1-6H. The molecule has 1 aliphatic heterocycles. The number of nitro groups is 1. The van der Waals surface area contributed by atoms with Crippen molar-refractivity contribution < 1.29 is 9.66 Å². The molecular weight excluding hydrogens is 240 g/mol. The second-order valence-electron chi connectivity index (χ2n) is 3.40. The third-order valence-electron chi connectivity index (χ3n) is 2.30. The van der Waals surface area contributed by atoms with Crippen LogP contribution in [0.5, 0.6) is 11.5 Å². The first-order valence-electron chi connectivity index (χ1n) is 4.83. The lowest BCUT2D eigenvalue weighted by Crippen LogP contribution is -1.97. The van der Waals surface area contributed by atoms with Gasteiger partial charge in [0.2, 0.25) is 0 Å². The van der Waals surface area contributed by atoms with Gasteiger partial charge in [-0.15, -0.1) is 0 Å². The SMILES string of the molecule is O=[N+]([O-])c1ccc2c(c1)Sc1ncccc1O2. The lowest BCUT2D eigenvalue weighted by molar-refractivity contribution is -0.385. The molecule has 0 N–H and O–H groups in total. The van der Waals surface area contributed by atoms with Crippen molar-refractivity contribution in [2.24, 2.45) is 0 Å². The predicted octanol–water partition coefficient (Wildman–Crippen LogP) is 3.25. The van der Waals surface area contributed by atoms with Crippen molar-refractivity contribution >= 4 is 17.4 Å². The van der Waals surface area contributed by atoms with Crippen LogP contribution in [0.3, 0.4) is 0 Å². The Morgan fingerprint density at radius 3 is 3.00 bits per heavy atom. The van der Waals surface area contributed by atoms with Crippen molar-refractivity contribution in [2.75, 3.05) is 0 Å². The number of nitro benzene ring substituents is 1. The van der Waals surface area contributed by atoms with Gasteiger partial charge in [-0.25, -0.2) is 4.98 Å². The van der Waals surface area contributed by atoms with Crippen molar-refractivity contribution in [2.45, 2.75) is 9.92 Å². The van der Waals surface area contributed by atoms with Crippen LogP contribution in [0.25, 0.3) is 0 Å². The number of ether oxygens (including phenoxy) is 1. The molecule has 2 aromatic rings. The van der Waals surface area contributed by atoms with Gasteiger partial charge >= 0.3 is 0 Å². The topological polar surface area (TPSA) is 65.3 Å². The Kier molecular flexibility index (Phi) is 2.22. The van der Waals surface area contributed by atoms with E-state index in [9.17, 15) is 10.1 Å². The molecule has 0 spiro atoms. The predicted molar refractivity (Wildman–Crippen MR) is 61.5 cm³/mol. The second-order valence-corrected chi connectivity index (χ2v) is 4.43. The van der Waals surface area contributed by atoms with E-state index in [1.165, 1.54) is 23.9 Å². The summed E-state index contributed by atoms with van der Waals surface area (Å²) in [4.78, 5) is 15.1. The van der Waals surface area contributed by atoms with Crippen molar-refractivity contribution in [1.82, 2.24) is 4.98 Å². The quantitative estimate of drug-likeness (QED) is 0.487. The lowest BCUT2D eigenvalue weighted by atomic mass is 10.3. The largest absolute Gasteiger partial charge is 0.453 e. The highest BCUT2D eigenvalue weighted by Crippen LogP contribution is 2.46. The molecule has 1 aliphatic rings. The fourth-order valence-electron chi connectivity index (χ4n) is 1.53. The first kappa shape index (κ1) is 10.1. The zero-order valence-corrected chi connectivity index (χ0v) is 9.31. The Hall–Kier alpha value is -2.08. The number of fused-ring (bicyclic) bond motifs is 2. The Bertz CT molecular complexity index is 615. The smallest absolute Gasteiger partial charge is 0.270 e. The molecule has 0 bridgehead atoms. The molecule has 17 heavy (non-hydrogen) atoms. The van der Waals surface area contributed by atoms with Gasteiger partial charge in [-0.05, 0) is 18.2 Å². The summed E-state index contributed by atoms with van der Waals surface area (Å²) in [5.41, 5.74) is 0.0548. The highest BCUT2D eigenvalue weighted by atomic mass is 32.2. The fourth-order valence-corrected chi connectivity index (χ4v) is 2.45. The summed E-state index contributed by atoms with van der Waals surface area (Å²) in [6, 6.07) is 8.14. The van der Waals surface area contributed by atoms with Crippen molar-refractivity contribution in [3.8, 4) is 11.5 Å². The van der Waals surface area contributed by atoms with Gasteiger partial charge in [0.15, 0.2) is 5.75 Å². The van der Waals surface area contributed by atoms with E-state index in [2.05, 4.69) is 4.98 Å². The highest BCUT2D eigenvalue weighted by Gasteiger charge is 2.21. The van der Waals surface area contributed by atoms with Crippen LogP contribution in [0.4, 0.5) is 5.69 Å². The van der Waals surface area contributed by atoms with Crippen LogP contribution >= 0.6 is 11.8 Å². The van der Waals surface area contributed by atoms with Crippen molar-refractivity contribution in [3.05, 3.63) is 46.6 Å². The first-order valence-corrected chi connectivity index (χ1v) is 5.65. The third-order valence-corrected chi connectivity index (χ3v) is 3.34. The fraction of sp³-hybridized carbons (Fsp3) is 0. The molecule has 2 heterocycles. The van der Waals surface area contributed by atoms with Gasteiger partial charge in [-0.3, -0.25) is 10.1 Å². The van der Waals surface area contributed by atoms with Crippen LogP contribution < -0.4 is 4.74 Å². The van der Waals surface area contributed by atoms with Gasteiger partial charge in [0.1, 0.15) is 10.8 Å². The highest BCUT2D eigenvalue weighted by molar-refractivity contribution is 7.99. The molecule has 1 aromatic carbocycles. The maximum atomic E-state index is 10.7. The number of rotatable bonds is 1. The van der Waals surface area contributed by atoms with Gasteiger partial charge in [0.25, 0.3) is 5.69 Å². The summed E-state index contributed by atoms with van der Waals surface area (Å²) in [6.45, 7) is 0. The molecule has 0 atom stereocenters. The van der Waals surface area contributed by atoms with Crippen molar-refractivity contribution in [1.29, 1.82) is 0 Å². The van der Waals surface area contributed by atoms with Gasteiger partial charge < -0.3 is 4.74 Å². The van der Waals surface area contributed by atoms with E-state index >= 15 is 0 Å². The number of non-ortho nitro benzene ring substituents is 1. The summed E-state index contributed by atoms with van der Waals surface area (Å²) in [6.07, 6.45) is 1.66. The Morgan fingerprint density at radius 2 is 2.18 bits per heavy atom. The normalized spacial score (nSPS) is 12.2. The Labute approximate surface area is 101 Å². The zero-order chi connectivity index (χ0) is 11.8. The zero-order valence-electron chi connectivity index (χ0n) is 8.49. The molecule has 6 heteroatoms. The Morgan fingerprint density at radius 1 is 1.29 bits per heavy atom. The third kappa shape index (κ3) is 1.72. The van der Waals surface area contributed by atoms with Crippen LogP contribution in [0, 0.1) is 10.1 Å². The van der Waals surface area contributed by atoms with E-state index in [4.69, 9.17) is 4.74 Å². The van der Waals surface area contributed by atoms with Crippen LogP contribution in [0.2, 0.25) is 0 Å². The van der Waals surface area contributed by atoms with Crippen LogP contribution in [0.15, 0.2) is 46.5 Å². The number of pyridine rings is 1. The molecule has 0 saturated carbocycles. The molecule has 0 aliphatic carbocycles. The molecule has 0 unspecified atom stereocenters. The summed E-state index contributed by atoms with van der Waals surface area (Å²) >= 11 is 1.37. The summed E-state index contributed by atoms with van der Waals surface area (Å²) in [5.74, 6) is 1.31. The molecule has 0 amide bonds. The van der Waals surface area contributed by atoms with Crippen LogP contribution in [-0.2, 0) is 0 Å². The average Bonchev–Trinajstić information content (AvgIpc) is 2.35. The van der Waals surface area contributed by atoms with E-state index in [0.717, 1.165) is 5.03 Å². The number of hydrogen-bond acceptors (Lipinski definition) is 5. The molecule has 3 rings (SSSR count). The molecule has 0 fully saturated rings. The number of nitrogens with zero attached hydrogens (tertiary/aromatic N) is 2. The molecule has 0 saturated heterocycles. The van der Waals surface area contributed by atoms with Gasteiger partial charge in [0, 0.05) is 18.3 Å². The van der Waals surface area contributed by atoms with E-state index in [1.807, 2.05) is 6.07 Å². The van der Waals surface area contributed by atoms with Gasteiger partial charge in [0.05, 0.1) is 9.82 Å². The lowest BCUT2D eigenvalue weighted by Gasteiger charge is -2.17. The second kappa shape index (κ2) is 3.74. The number of aromatic nitrogens is 1. The molecule has 1 aromatic heterocycles. The van der Waals surface area contributed by atoms with E-state index in [-0.39, 0.29) is 5.69 Å². The van der Waals surface area contributed by atoms with E-state index < -0.39 is 4.92 Å². The van der Waals surface area contributed by atoms with Gasteiger partial charge in [-0.1, -0.05) is 11.8 Å². The summed E-state index contributed by atoms with van der Waals surface area (Å²) in [5, 5.41) is 11.4. The van der Waals surface area contributed by atoms with Crippen molar-refractivity contribution in [3.63, 3.8) is 0 Å². The van der Waals surface area contributed by atoms with Gasteiger partial charge in [-0.2, -0.15) is 0 Å². The van der Waals surface area contributed by atoms with Crippen LogP contribution in [-0.4, -0.2) is 9.91 Å². The van der Waals surface area contributed by atoms with Crippen LogP contribution in [0.1, 0.15) is 0 Å². The number of hydrogen-bond donors (Lipinski definition) is 0.